The van der Waals surface area contributed by atoms with Gasteiger partial charge in [0.2, 0.25) is 0 Å². The molecule has 70 valence electrons. The normalized spacial score (nSPS) is 14.9. The Hall–Kier alpha value is -1.12. The zero-order valence-corrected chi connectivity index (χ0v) is 7.56. The van der Waals surface area contributed by atoms with E-state index in [-0.39, 0.29) is 6.04 Å². The van der Waals surface area contributed by atoms with Gasteiger partial charge in [0.15, 0.2) is 0 Å². The Bertz CT molecular complexity index is 258. The van der Waals surface area contributed by atoms with Gasteiger partial charge in [-0.25, -0.2) is 0 Å². The third-order valence-electron chi connectivity index (χ3n) is 2.00. The van der Waals surface area contributed by atoms with E-state index >= 15 is 0 Å². The van der Waals surface area contributed by atoms with Crippen LogP contribution in [0.3, 0.4) is 0 Å². The van der Waals surface area contributed by atoms with E-state index < -0.39 is 6.10 Å². The summed E-state index contributed by atoms with van der Waals surface area (Å²) >= 11 is 0. The number of aliphatic hydroxyl groups excluding tert-OH is 1. The molecule has 0 aliphatic rings. The van der Waals surface area contributed by atoms with Crippen LogP contribution in [0.4, 0.5) is 0 Å². The number of rotatable bonds is 4. The molecular weight excluding hydrogens is 162 g/mol. The first-order valence-corrected chi connectivity index (χ1v) is 4.35. The predicted octanol–water partition coefficient (Wildman–Crippen LogP) is 1.62. The number of hydrogen-bond acceptors (Lipinski definition) is 2. The zero-order chi connectivity index (χ0) is 9.68. The quantitative estimate of drug-likeness (QED) is 0.686. The van der Waals surface area contributed by atoms with Crippen molar-refractivity contribution in [3.05, 3.63) is 48.6 Å². The molecule has 2 nitrogen and oxygen atoms in total. The Balaban J connectivity index is 2.58. The van der Waals surface area contributed by atoms with E-state index in [0.29, 0.717) is 6.42 Å². The van der Waals surface area contributed by atoms with Crippen LogP contribution in [0.2, 0.25) is 0 Å². The van der Waals surface area contributed by atoms with E-state index in [1.165, 1.54) is 6.08 Å². The van der Waals surface area contributed by atoms with Crippen molar-refractivity contribution in [1.29, 1.82) is 0 Å². The van der Waals surface area contributed by atoms with E-state index in [1.807, 2.05) is 30.3 Å². The van der Waals surface area contributed by atoms with Gasteiger partial charge in [0.05, 0.1) is 6.10 Å². The summed E-state index contributed by atoms with van der Waals surface area (Å²) in [7, 11) is 0. The lowest BCUT2D eigenvalue weighted by atomic mass is 10.0. The van der Waals surface area contributed by atoms with Crippen molar-refractivity contribution in [2.75, 3.05) is 0 Å². The number of hydrogen-bond donors (Lipinski definition) is 2. The second-order valence-corrected chi connectivity index (χ2v) is 3.06. The third kappa shape index (κ3) is 3.01. The highest BCUT2D eigenvalue weighted by atomic mass is 16.3. The molecule has 0 saturated carbocycles. The van der Waals surface area contributed by atoms with Crippen LogP contribution in [0.25, 0.3) is 0 Å². The minimum Gasteiger partial charge on any atom is -0.389 e. The maximum atomic E-state index is 9.29. The number of nitrogens with two attached hydrogens (primary N) is 1. The lowest BCUT2D eigenvalue weighted by Crippen LogP contribution is -2.16. The first-order valence-electron chi connectivity index (χ1n) is 4.35. The fourth-order valence-corrected chi connectivity index (χ4v) is 1.19. The SMILES string of the molecule is C=C[C@@H](O)CC(N)c1ccccc1. The molecule has 1 aromatic carbocycles. The predicted molar refractivity (Wildman–Crippen MR) is 54.2 cm³/mol. The Morgan fingerprint density at radius 1 is 1.38 bits per heavy atom. The largest absolute Gasteiger partial charge is 0.389 e. The maximum Gasteiger partial charge on any atom is 0.0736 e. The highest BCUT2D eigenvalue weighted by molar-refractivity contribution is 5.18. The molecule has 13 heavy (non-hydrogen) atoms. The smallest absolute Gasteiger partial charge is 0.0736 e. The molecule has 0 aromatic heterocycles. The highest BCUT2D eigenvalue weighted by Gasteiger charge is 2.08. The van der Waals surface area contributed by atoms with Crippen molar-refractivity contribution in [2.24, 2.45) is 5.73 Å². The van der Waals surface area contributed by atoms with Crippen LogP contribution < -0.4 is 5.73 Å². The fourth-order valence-electron chi connectivity index (χ4n) is 1.19. The van der Waals surface area contributed by atoms with E-state index in [4.69, 9.17) is 5.73 Å². The molecule has 1 unspecified atom stereocenters. The van der Waals surface area contributed by atoms with Gasteiger partial charge in [0.1, 0.15) is 0 Å². The van der Waals surface area contributed by atoms with E-state index in [1.54, 1.807) is 0 Å². The summed E-state index contributed by atoms with van der Waals surface area (Å²) in [5.74, 6) is 0. The van der Waals surface area contributed by atoms with Crippen LogP contribution in [0.15, 0.2) is 43.0 Å². The van der Waals surface area contributed by atoms with Crippen LogP contribution in [-0.2, 0) is 0 Å². The van der Waals surface area contributed by atoms with E-state index in [9.17, 15) is 5.11 Å². The Morgan fingerprint density at radius 2 is 2.00 bits per heavy atom. The molecule has 0 spiro atoms. The summed E-state index contributed by atoms with van der Waals surface area (Å²) in [5.41, 5.74) is 6.91. The molecule has 1 rings (SSSR count). The van der Waals surface area contributed by atoms with Gasteiger partial charge in [-0.3, -0.25) is 0 Å². The van der Waals surface area contributed by atoms with Gasteiger partial charge >= 0.3 is 0 Å². The Labute approximate surface area is 78.7 Å². The molecule has 1 aromatic rings. The zero-order valence-electron chi connectivity index (χ0n) is 7.56. The second-order valence-electron chi connectivity index (χ2n) is 3.06. The van der Waals surface area contributed by atoms with Gasteiger partial charge in [0.25, 0.3) is 0 Å². The molecule has 3 N–H and O–H groups in total. The highest BCUT2D eigenvalue weighted by Crippen LogP contribution is 2.15. The van der Waals surface area contributed by atoms with E-state index in [2.05, 4.69) is 6.58 Å². The van der Waals surface area contributed by atoms with Gasteiger partial charge < -0.3 is 10.8 Å². The minimum absolute atomic E-state index is 0.116. The van der Waals surface area contributed by atoms with Crippen LogP contribution in [0, 0.1) is 0 Å². The summed E-state index contributed by atoms with van der Waals surface area (Å²) in [6, 6.07) is 9.63. The molecule has 2 atom stereocenters. The van der Waals surface area contributed by atoms with Crippen LogP contribution >= 0.6 is 0 Å². The molecule has 0 fully saturated rings. The Morgan fingerprint density at radius 3 is 2.54 bits per heavy atom. The molecule has 2 heteroatoms. The first-order chi connectivity index (χ1) is 6.24. The second kappa shape index (κ2) is 4.80. The van der Waals surface area contributed by atoms with Crippen molar-refractivity contribution >= 4 is 0 Å². The van der Waals surface area contributed by atoms with Gasteiger partial charge in [-0.05, 0) is 12.0 Å². The molecule has 0 saturated heterocycles. The molecule has 0 bridgehead atoms. The standard InChI is InChI=1S/C11H15NO/c1-2-10(13)8-11(12)9-6-4-3-5-7-9/h2-7,10-11,13H,1,8,12H2/t10-,11?/m1/s1. The van der Waals surface area contributed by atoms with Gasteiger partial charge in [-0.1, -0.05) is 36.4 Å². The lowest BCUT2D eigenvalue weighted by molar-refractivity contribution is 0.203. The molecule has 0 amide bonds. The number of aliphatic hydroxyl groups is 1. The average molecular weight is 177 g/mol. The van der Waals surface area contributed by atoms with Gasteiger partial charge in [0, 0.05) is 6.04 Å². The summed E-state index contributed by atoms with van der Waals surface area (Å²) in [5, 5.41) is 9.29. The Kier molecular flexibility index (Phi) is 3.68. The number of benzene rings is 1. The topological polar surface area (TPSA) is 46.2 Å². The van der Waals surface area contributed by atoms with Crippen LogP contribution in [-0.4, -0.2) is 11.2 Å². The lowest BCUT2D eigenvalue weighted by Gasteiger charge is -2.13. The molecule has 0 aliphatic heterocycles. The average Bonchev–Trinajstić information content (AvgIpc) is 2.19. The molecular formula is C11H15NO. The fraction of sp³-hybridized carbons (Fsp3) is 0.273. The maximum absolute atomic E-state index is 9.29. The van der Waals surface area contributed by atoms with Crippen molar-refractivity contribution in [3.8, 4) is 0 Å². The molecule has 0 heterocycles. The first kappa shape index (κ1) is 9.96. The summed E-state index contributed by atoms with van der Waals surface area (Å²) < 4.78 is 0. The minimum atomic E-state index is -0.518. The van der Waals surface area contributed by atoms with Crippen molar-refractivity contribution in [3.63, 3.8) is 0 Å². The van der Waals surface area contributed by atoms with E-state index in [0.717, 1.165) is 5.56 Å². The summed E-state index contributed by atoms with van der Waals surface area (Å²) in [6.07, 6.45) is 1.51. The summed E-state index contributed by atoms with van der Waals surface area (Å²) in [6.45, 7) is 3.50. The van der Waals surface area contributed by atoms with Crippen molar-refractivity contribution in [2.45, 2.75) is 18.6 Å². The van der Waals surface area contributed by atoms with Crippen molar-refractivity contribution < 1.29 is 5.11 Å². The summed E-state index contributed by atoms with van der Waals surface area (Å²) in [4.78, 5) is 0. The van der Waals surface area contributed by atoms with Gasteiger partial charge in [-0.15, -0.1) is 6.58 Å². The van der Waals surface area contributed by atoms with Crippen molar-refractivity contribution in [1.82, 2.24) is 0 Å². The van der Waals surface area contributed by atoms with Crippen LogP contribution in [0.1, 0.15) is 18.0 Å². The molecule has 0 aliphatic carbocycles. The van der Waals surface area contributed by atoms with Crippen LogP contribution in [0.5, 0.6) is 0 Å². The molecule has 0 radical (unpaired) electrons. The monoisotopic (exact) mass is 177 g/mol. The van der Waals surface area contributed by atoms with Gasteiger partial charge in [-0.2, -0.15) is 0 Å². The third-order valence-corrected chi connectivity index (χ3v) is 2.00.